The summed E-state index contributed by atoms with van der Waals surface area (Å²) in [6, 6.07) is 14.9. The zero-order valence-corrected chi connectivity index (χ0v) is 64.7. The standard InChI is InChI=1S/C17H20Cl2N2O.C17H21ClN2O2.C17H23ClN2O.C16H19ClN2.C12H14Cl2N2O/c18-12-8-10-9-20-21-15(10)13(14(12)19)16(22)17(6-7-17)11-4-2-1-3-5-11;1-14(2)17(15(3,4)22-14)8-16(21,9-17)12-6-11(18)5-10-7-19-20-13(10)12;1-17(2,12-6-4-3-5-7-12)16(21)14-9-13(18)8-11-10-19-20-15(11)14;1-9(14-5-10-2-3-11(14)4-10)15-7-13(17)6-12-8-18-19-16(12)15;1-12(2,3)11(17)8-9(14)7(13)4-6-5-15-16-10(6)8/h8-9,11,16,22H,1-7H2,(H,20,21);5-7,21H,8-9H2,1-4H3,(H,19,20);8-10,12,16,21H,3-7H2,1-2H3,(H,19,20);6-11,14H,2-5H2,1H3,(H,18,19);4-5,11,17H,1-3H3,(H,15,16)/i;;16D;;. The van der Waals surface area contributed by atoms with E-state index in [1.165, 1.54) is 88.1 Å². The third kappa shape index (κ3) is 14.0. The van der Waals surface area contributed by atoms with Crippen molar-refractivity contribution in [3.05, 3.63) is 142 Å². The van der Waals surface area contributed by atoms with E-state index in [9.17, 15) is 20.4 Å². The normalized spacial score (nSPS) is 23.5. The number of benzene rings is 5. The maximum Gasteiger partial charge on any atom is 0.0932 e. The van der Waals surface area contributed by atoms with Gasteiger partial charge in [-0.1, -0.05) is 168 Å². The van der Waals surface area contributed by atoms with Gasteiger partial charge in [0.25, 0.3) is 0 Å². The molecule has 6 heterocycles. The summed E-state index contributed by atoms with van der Waals surface area (Å²) in [4.78, 5) is 0. The van der Waals surface area contributed by atoms with Crippen molar-refractivity contribution in [2.75, 3.05) is 0 Å². The van der Waals surface area contributed by atoms with Gasteiger partial charge in [-0.05, 0) is 199 Å². The van der Waals surface area contributed by atoms with Gasteiger partial charge in [-0.15, -0.1) is 0 Å². The topological polar surface area (TPSA) is 234 Å². The van der Waals surface area contributed by atoms with Gasteiger partial charge in [0.1, 0.15) is 0 Å². The van der Waals surface area contributed by atoms with Crippen LogP contribution in [0.4, 0.5) is 0 Å². The molecule has 5 aromatic carbocycles. The van der Waals surface area contributed by atoms with Crippen LogP contribution >= 0.6 is 81.2 Å². The summed E-state index contributed by atoms with van der Waals surface area (Å²) < 4.78 is 14.8. The van der Waals surface area contributed by atoms with Crippen LogP contribution in [0.2, 0.25) is 35.2 Å². The van der Waals surface area contributed by atoms with E-state index < -0.39 is 29.3 Å². The minimum absolute atomic E-state index is 0.00716. The number of fused-ring (bicyclic) bond motifs is 7. The number of aromatic amines is 5. The summed E-state index contributed by atoms with van der Waals surface area (Å²) in [5.41, 5.74) is 6.17. The van der Waals surface area contributed by atoms with E-state index in [2.05, 4.69) is 91.7 Å². The number of aliphatic hydroxyl groups excluding tert-OH is 2. The van der Waals surface area contributed by atoms with Crippen molar-refractivity contribution in [1.82, 2.24) is 51.0 Å². The SMILES string of the molecule is CC(C)(C)C(O)c1c(Cl)c(Cl)cc2cn[nH]c12.CC(c1cc(Cl)cc2cn[nH]c12)C1CC2CCC1C2.CC1(C)OC(C)(C)C12CC(O)(c1cc(Cl)cc3cn[nH]c13)C2.OC(c1c(Cl)c(Cl)cc2cn[nH]c12)C1(C2CCCCC2)CC1.[2H]C(O)(c1cc(Cl)cc2cn[nH]c12)C(C)(C)C1CCCCC1. The van der Waals surface area contributed by atoms with Crippen molar-refractivity contribution < 1.29 is 26.5 Å². The zero-order chi connectivity index (χ0) is 73.0. The van der Waals surface area contributed by atoms with Gasteiger partial charge in [-0.25, -0.2) is 0 Å². The number of aromatic nitrogens is 10. The number of rotatable bonds is 10. The Labute approximate surface area is 628 Å². The summed E-state index contributed by atoms with van der Waals surface area (Å²) in [6.07, 6.45) is 27.1. The fourth-order valence-electron chi connectivity index (χ4n) is 19.1. The predicted molar refractivity (Wildman–Crippen MR) is 411 cm³/mol. The number of aliphatic hydroxyl groups is 4. The van der Waals surface area contributed by atoms with Gasteiger partial charge in [0.05, 0.1) is 115 Å². The van der Waals surface area contributed by atoms with Crippen molar-refractivity contribution in [2.24, 2.45) is 51.2 Å². The molecule has 1 aliphatic heterocycles. The Morgan fingerprint density at radius 2 is 0.980 bits per heavy atom. The highest BCUT2D eigenvalue weighted by atomic mass is 35.5. The lowest BCUT2D eigenvalue weighted by Gasteiger charge is -2.74. The maximum absolute atomic E-state index is 11.2. The van der Waals surface area contributed by atoms with Gasteiger partial charge in [-0.2, -0.15) is 25.5 Å². The second-order valence-corrected chi connectivity index (χ2v) is 36.0. The monoisotopic (exact) mass is 1510 g/mol. The van der Waals surface area contributed by atoms with Crippen LogP contribution in [0.15, 0.2) is 79.5 Å². The molecule has 7 aliphatic rings. The van der Waals surface area contributed by atoms with E-state index in [-0.39, 0.29) is 27.4 Å². The van der Waals surface area contributed by atoms with Crippen molar-refractivity contribution in [2.45, 2.75) is 226 Å². The van der Waals surface area contributed by atoms with Crippen LogP contribution < -0.4 is 0 Å². The average Bonchev–Trinajstić information content (AvgIpc) is 0.855. The highest BCUT2D eigenvalue weighted by Gasteiger charge is 2.76. The quantitative estimate of drug-likeness (QED) is 0.0628. The molecule has 0 amide bonds. The Hall–Kier alpha value is -4.72. The molecule has 9 N–H and O–H groups in total. The van der Waals surface area contributed by atoms with E-state index in [0.29, 0.717) is 77.4 Å². The molecule has 101 heavy (non-hydrogen) atoms. The molecule has 7 fully saturated rings. The van der Waals surface area contributed by atoms with Crippen molar-refractivity contribution in [3.63, 3.8) is 0 Å². The molecule has 17 rings (SSSR count). The number of nitrogens with zero attached hydrogens (tertiary/aromatic N) is 5. The van der Waals surface area contributed by atoms with E-state index in [1.54, 1.807) is 49.1 Å². The van der Waals surface area contributed by atoms with Crippen molar-refractivity contribution in [1.29, 1.82) is 0 Å². The zero-order valence-electron chi connectivity index (χ0n) is 60.4. The average molecular weight is 1520 g/mol. The first-order valence-corrected chi connectivity index (χ1v) is 38.8. The molecule has 7 atom stereocenters. The minimum Gasteiger partial charge on any atom is -0.388 e. The van der Waals surface area contributed by atoms with Gasteiger partial charge >= 0.3 is 0 Å². The first-order valence-electron chi connectivity index (χ1n) is 36.6. The van der Waals surface area contributed by atoms with Gasteiger partial charge in [-0.3, -0.25) is 25.5 Å². The lowest BCUT2D eigenvalue weighted by Crippen LogP contribution is -2.79. The molecule has 542 valence electrons. The summed E-state index contributed by atoms with van der Waals surface area (Å²) in [5, 5.41) is 87.6. The summed E-state index contributed by atoms with van der Waals surface area (Å²) in [5.74, 6) is 4.29. The molecule has 0 radical (unpaired) electrons. The molecule has 10 aromatic rings. The van der Waals surface area contributed by atoms with Crippen LogP contribution in [0, 0.1) is 51.2 Å². The number of nitrogens with one attached hydrogen (secondary N) is 5. The summed E-state index contributed by atoms with van der Waals surface area (Å²) >= 11 is 43.6. The molecule has 2 bridgehead atoms. The van der Waals surface area contributed by atoms with Gasteiger partial charge in [0, 0.05) is 75.1 Å². The smallest absolute Gasteiger partial charge is 0.0932 e. The van der Waals surface area contributed by atoms with E-state index >= 15 is 0 Å². The Bertz CT molecular complexity index is 4670. The van der Waals surface area contributed by atoms with E-state index in [1.807, 2.05) is 59.0 Å². The molecule has 22 heteroatoms. The first-order chi connectivity index (χ1) is 48.1. The number of ether oxygens (including phenoxy) is 1. The van der Waals surface area contributed by atoms with Crippen molar-refractivity contribution >= 4 is 136 Å². The number of hydrogen-bond donors (Lipinski definition) is 9. The highest BCUT2D eigenvalue weighted by molar-refractivity contribution is 6.44. The molecule has 5 aromatic heterocycles. The molecule has 7 unspecified atom stereocenters. The van der Waals surface area contributed by atoms with Crippen LogP contribution in [0.25, 0.3) is 54.5 Å². The second-order valence-electron chi connectivity index (χ2n) is 33.1. The molecule has 6 saturated carbocycles. The maximum atomic E-state index is 11.2. The van der Waals surface area contributed by atoms with Crippen LogP contribution in [0.5, 0.6) is 0 Å². The molecule has 1 spiro atoms. The van der Waals surface area contributed by atoms with Gasteiger partial charge < -0.3 is 25.2 Å². The predicted octanol–water partition coefficient (Wildman–Crippen LogP) is 22.6. The van der Waals surface area contributed by atoms with Gasteiger partial charge in [0.2, 0.25) is 0 Å². The second kappa shape index (κ2) is 28.5. The Balaban J connectivity index is 0.000000114. The Morgan fingerprint density at radius 3 is 1.47 bits per heavy atom. The molecule has 15 nitrogen and oxygen atoms in total. The fraction of sp³-hybridized carbons (Fsp3) is 0.557. The number of halogens is 7. The first kappa shape index (κ1) is 73.2. The van der Waals surface area contributed by atoms with Crippen LogP contribution in [-0.4, -0.2) is 82.6 Å². The van der Waals surface area contributed by atoms with Gasteiger partial charge in [0.15, 0.2) is 0 Å². The van der Waals surface area contributed by atoms with Crippen LogP contribution in [0.3, 0.4) is 0 Å². The van der Waals surface area contributed by atoms with Crippen molar-refractivity contribution in [3.8, 4) is 0 Å². The lowest BCUT2D eigenvalue weighted by atomic mass is 9.42. The molecular formula is C79H97Cl7N10O5. The number of hydrogen-bond acceptors (Lipinski definition) is 10. The highest BCUT2D eigenvalue weighted by Crippen LogP contribution is 2.73. The third-order valence-electron chi connectivity index (χ3n) is 25.0. The van der Waals surface area contributed by atoms with Crippen LogP contribution in [0.1, 0.15) is 238 Å². The Morgan fingerprint density at radius 1 is 0.535 bits per heavy atom. The Kier molecular flexibility index (Phi) is 20.7. The fourth-order valence-corrected chi connectivity index (χ4v) is 20.7. The minimum atomic E-state index is -1.72. The van der Waals surface area contributed by atoms with E-state index in [0.717, 1.165) is 103 Å². The largest absolute Gasteiger partial charge is 0.388 e. The molecule has 6 aliphatic carbocycles. The number of H-pyrrole nitrogens is 5. The van der Waals surface area contributed by atoms with E-state index in [4.69, 9.17) is 87.3 Å². The summed E-state index contributed by atoms with van der Waals surface area (Å²) in [6.45, 7) is 20.6. The summed E-state index contributed by atoms with van der Waals surface area (Å²) in [7, 11) is 0. The molecule has 1 saturated heterocycles. The van der Waals surface area contributed by atoms with Crippen LogP contribution in [-0.2, 0) is 10.3 Å². The third-order valence-corrected chi connectivity index (χ3v) is 27.2. The molecular weight excluding hydrogens is 1420 g/mol. The lowest BCUT2D eigenvalue weighted by molar-refractivity contribution is -0.413.